The molecule has 0 spiro atoms. The molecule has 4 aromatic rings. The number of benzene rings is 2. The van der Waals surface area contributed by atoms with Gasteiger partial charge in [0.2, 0.25) is 5.89 Å². The van der Waals surface area contributed by atoms with Crippen molar-refractivity contribution in [3.63, 3.8) is 0 Å². The van der Waals surface area contributed by atoms with E-state index in [4.69, 9.17) is 4.42 Å². The Labute approximate surface area is 148 Å². The summed E-state index contributed by atoms with van der Waals surface area (Å²) < 4.78 is 7.39. The summed E-state index contributed by atoms with van der Waals surface area (Å²) in [6.07, 6.45) is 3.34. The fourth-order valence-corrected chi connectivity index (χ4v) is 2.50. The molecule has 0 saturated carbocycles. The highest BCUT2D eigenvalue weighted by Gasteiger charge is 2.08. The largest absolute Gasteiger partial charge is 0.436 e. The van der Waals surface area contributed by atoms with Gasteiger partial charge in [0, 0.05) is 24.0 Å². The molecule has 8 nitrogen and oxygen atoms in total. The van der Waals surface area contributed by atoms with Gasteiger partial charge in [0.15, 0.2) is 5.58 Å². The first kappa shape index (κ1) is 15.8. The Morgan fingerprint density at radius 2 is 1.96 bits per heavy atom. The molecular formula is C18H16N6O2. The monoisotopic (exact) mass is 348 g/mol. The second-order valence-electron chi connectivity index (χ2n) is 5.61. The van der Waals surface area contributed by atoms with Crippen molar-refractivity contribution in [1.82, 2.24) is 25.3 Å². The molecule has 0 radical (unpaired) electrons. The van der Waals surface area contributed by atoms with Crippen LogP contribution in [0.15, 0.2) is 65.3 Å². The number of carbonyl (C=O) groups excluding carboxylic acids is 1. The van der Waals surface area contributed by atoms with Gasteiger partial charge in [-0.25, -0.2) is 9.78 Å². The number of carbonyl (C=O) groups is 1. The second kappa shape index (κ2) is 7.06. The van der Waals surface area contributed by atoms with Crippen LogP contribution < -0.4 is 10.6 Å². The van der Waals surface area contributed by atoms with Crippen LogP contribution in [0.2, 0.25) is 0 Å². The van der Waals surface area contributed by atoms with Crippen molar-refractivity contribution in [1.29, 1.82) is 0 Å². The fraction of sp³-hybridized carbons (Fsp3) is 0.111. The Balaban J connectivity index is 1.35. The standard InChI is InChI=1S/C18H16N6O2/c25-18(19-9-11-24-12-10-20-23-24)21-14-7-5-13(6-8-14)17-22-15-3-1-2-4-16(15)26-17/h1-8,10,12H,9,11H2,(H2,19,21,25). The molecule has 0 aliphatic carbocycles. The highest BCUT2D eigenvalue weighted by Crippen LogP contribution is 2.25. The second-order valence-corrected chi connectivity index (χ2v) is 5.61. The molecule has 0 aliphatic heterocycles. The lowest BCUT2D eigenvalue weighted by Gasteiger charge is -2.07. The Hall–Kier alpha value is -3.68. The first-order valence-electron chi connectivity index (χ1n) is 8.13. The van der Waals surface area contributed by atoms with Crippen LogP contribution in [0, 0.1) is 0 Å². The number of para-hydroxylation sites is 2. The lowest BCUT2D eigenvalue weighted by atomic mass is 10.2. The van der Waals surface area contributed by atoms with Gasteiger partial charge in [0.25, 0.3) is 0 Å². The van der Waals surface area contributed by atoms with Crippen molar-refractivity contribution in [3.05, 3.63) is 60.9 Å². The van der Waals surface area contributed by atoms with Crippen LogP contribution in [-0.2, 0) is 6.54 Å². The van der Waals surface area contributed by atoms with Gasteiger partial charge in [-0.3, -0.25) is 4.68 Å². The zero-order valence-corrected chi connectivity index (χ0v) is 13.8. The number of amides is 2. The molecule has 2 amide bonds. The number of hydrogen-bond acceptors (Lipinski definition) is 5. The molecule has 2 aromatic carbocycles. The molecule has 0 unspecified atom stereocenters. The summed E-state index contributed by atoms with van der Waals surface area (Å²) in [5.41, 5.74) is 3.09. The zero-order valence-electron chi connectivity index (χ0n) is 13.8. The third kappa shape index (κ3) is 3.54. The third-order valence-corrected chi connectivity index (χ3v) is 3.78. The number of fused-ring (bicyclic) bond motifs is 1. The number of aromatic nitrogens is 4. The number of anilines is 1. The van der Waals surface area contributed by atoms with E-state index in [0.717, 1.165) is 16.7 Å². The normalized spacial score (nSPS) is 10.8. The van der Waals surface area contributed by atoms with Crippen molar-refractivity contribution < 1.29 is 9.21 Å². The van der Waals surface area contributed by atoms with E-state index in [2.05, 4.69) is 25.9 Å². The van der Waals surface area contributed by atoms with E-state index in [-0.39, 0.29) is 6.03 Å². The maximum atomic E-state index is 11.9. The lowest BCUT2D eigenvalue weighted by Crippen LogP contribution is -2.31. The average molecular weight is 348 g/mol. The molecular weight excluding hydrogens is 332 g/mol. The lowest BCUT2D eigenvalue weighted by molar-refractivity contribution is 0.251. The molecule has 0 bridgehead atoms. The number of oxazole rings is 1. The molecule has 8 heteroatoms. The Bertz CT molecular complexity index is 975. The van der Waals surface area contributed by atoms with Gasteiger partial charge in [-0.15, -0.1) is 5.10 Å². The van der Waals surface area contributed by atoms with E-state index in [1.807, 2.05) is 36.4 Å². The number of nitrogens with one attached hydrogen (secondary N) is 2. The minimum atomic E-state index is -0.278. The number of urea groups is 1. The van der Waals surface area contributed by atoms with E-state index < -0.39 is 0 Å². The third-order valence-electron chi connectivity index (χ3n) is 3.78. The van der Waals surface area contributed by atoms with Crippen LogP contribution in [0.4, 0.5) is 10.5 Å². The molecule has 0 fully saturated rings. The summed E-state index contributed by atoms with van der Waals surface area (Å²) in [4.78, 5) is 16.4. The predicted molar refractivity (Wildman–Crippen MR) is 96.5 cm³/mol. The molecule has 26 heavy (non-hydrogen) atoms. The van der Waals surface area contributed by atoms with Crippen molar-refractivity contribution in [2.45, 2.75) is 6.54 Å². The van der Waals surface area contributed by atoms with E-state index in [9.17, 15) is 4.79 Å². The first-order chi connectivity index (χ1) is 12.8. The highest BCUT2D eigenvalue weighted by molar-refractivity contribution is 5.89. The summed E-state index contributed by atoms with van der Waals surface area (Å²) in [5, 5.41) is 13.1. The van der Waals surface area contributed by atoms with Gasteiger partial charge in [-0.2, -0.15) is 0 Å². The molecule has 2 heterocycles. The highest BCUT2D eigenvalue weighted by atomic mass is 16.3. The number of hydrogen-bond donors (Lipinski definition) is 2. The molecule has 4 rings (SSSR count). The first-order valence-corrected chi connectivity index (χ1v) is 8.13. The topological polar surface area (TPSA) is 97.9 Å². The summed E-state index contributed by atoms with van der Waals surface area (Å²) in [7, 11) is 0. The smallest absolute Gasteiger partial charge is 0.319 e. The van der Waals surface area contributed by atoms with Crippen LogP contribution in [0.1, 0.15) is 0 Å². The fourth-order valence-electron chi connectivity index (χ4n) is 2.50. The summed E-state index contributed by atoms with van der Waals surface area (Å²) in [5.74, 6) is 0.551. The Morgan fingerprint density at radius 3 is 2.73 bits per heavy atom. The summed E-state index contributed by atoms with van der Waals surface area (Å²) >= 11 is 0. The Morgan fingerprint density at radius 1 is 1.12 bits per heavy atom. The van der Waals surface area contributed by atoms with Crippen LogP contribution in [0.5, 0.6) is 0 Å². The van der Waals surface area contributed by atoms with Gasteiger partial charge >= 0.3 is 6.03 Å². The van der Waals surface area contributed by atoms with Crippen molar-refractivity contribution in [3.8, 4) is 11.5 Å². The van der Waals surface area contributed by atoms with Crippen LogP contribution in [0.25, 0.3) is 22.6 Å². The van der Waals surface area contributed by atoms with Gasteiger partial charge in [0.05, 0.1) is 12.7 Å². The molecule has 2 aromatic heterocycles. The van der Waals surface area contributed by atoms with Crippen LogP contribution >= 0.6 is 0 Å². The van der Waals surface area contributed by atoms with Gasteiger partial charge < -0.3 is 15.1 Å². The van der Waals surface area contributed by atoms with E-state index in [1.165, 1.54) is 0 Å². The SMILES string of the molecule is O=C(NCCn1ccnn1)Nc1ccc(-c2nc3ccccc3o2)cc1. The Kier molecular flexibility index (Phi) is 4.29. The summed E-state index contributed by atoms with van der Waals surface area (Å²) in [6.45, 7) is 1.01. The maximum absolute atomic E-state index is 11.9. The minimum Gasteiger partial charge on any atom is -0.436 e. The van der Waals surface area contributed by atoms with Crippen molar-refractivity contribution in [2.75, 3.05) is 11.9 Å². The van der Waals surface area contributed by atoms with Gasteiger partial charge in [0.1, 0.15) is 5.52 Å². The van der Waals surface area contributed by atoms with Crippen molar-refractivity contribution in [2.24, 2.45) is 0 Å². The number of nitrogens with zero attached hydrogens (tertiary/aromatic N) is 4. The summed E-state index contributed by atoms with van der Waals surface area (Å²) in [6, 6.07) is 14.7. The van der Waals surface area contributed by atoms with Gasteiger partial charge in [-0.05, 0) is 36.4 Å². The van der Waals surface area contributed by atoms with Gasteiger partial charge in [-0.1, -0.05) is 17.3 Å². The molecule has 0 aliphatic rings. The minimum absolute atomic E-state index is 0.278. The quantitative estimate of drug-likeness (QED) is 0.578. The molecule has 0 saturated heterocycles. The maximum Gasteiger partial charge on any atom is 0.319 e. The molecule has 0 atom stereocenters. The van der Waals surface area contributed by atoms with Crippen molar-refractivity contribution >= 4 is 22.8 Å². The average Bonchev–Trinajstić information content (AvgIpc) is 3.31. The van der Waals surface area contributed by atoms with E-state index in [1.54, 1.807) is 29.2 Å². The van der Waals surface area contributed by atoms with E-state index in [0.29, 0.717) is 24.7 Å². The van der Waals surface area contributed by atoms with E-state index >= 15 is 0 Å². The molecule has 130 valence electrons. The van der Waals surface area contributed by atoms with Crippen LogP contribution in [-0.4, -0.2) is 32.6 Å². The molecule has 2 N–H and O–H groups in total. The predicted octanol–water partition coefficient (Wildman–Crippen LogP) is 2.91. The van der Waals surface area contributed by atoms with Crippen LogP contribution in [0.3, 0.4) is 0 Å². The number of rotatable bonds is 5. The zero-order chi connectivity index (χ0) is 17.8.